The Kier molecular flexibility index (Phi) is 5.13. The Bertz CT molecular complexity index is 683. The molecule has 0 bridgehead atoms. The van der Waals surface area contributed by atoms with E-state index in [1.54, 1.807) is 37.3 Å². The van der Waals surface area contributed by atoms with E-state index in [0.717, 1.165) is 0 Å². The van der Waals surface area contributed by atoms with Gasteiger partial charge in [-0.2, -0.15) is 0 Å². The summed E-state index contributed by atoms with van der Waals surface area (Å²) in [6.07, 6.45) is 0. The van der Waals surface area contributed by atoms with E-state index < -0.39 is 17.3 Å². The molecule has 2 aromatic rings. The first-order valence-electron chi connectivity index (χ1n) is 6.99. The van der Waals surface area contributed by atoms with Crippen LogP contribution in [0.25, 0.3) is 0 Å². The SMILES string of the molecule is COCc1cc(C(=O)NCC(C)(C(=O)O)c2ccccc2)no1. The normalized spacial score (nSPS) is 13.3. The highest BCUT2D eigenvalue weighted by atomic mass is 16.5. The topological polar surface area (TPSA) is 102 Å². The first-order chi connectivity index (χ1) is 11.0. The van der Waals surface area contributed by atoms with Crippen molar-refractivity contribution in [3.05, 3.63) is 53.4 Å². The first-order valence-corrected chi connectivity index (χ1v) is 6.99. The summed E-state index contributed by atoms with van der Waals surface area (Å²) < 4.78 is 9.82. The number of aromatic nitrogens is 1. The molecule has 0 saturated heterocycles. The molecule has 2 N–H and O–H groups in total. The molecule has 1 aromatic carbocycles. The Morgan fingerprint density at radius 2 is 2.04 bits per heavy atom. The van der Waals surface area contributed by atoms with Crippen LogP contribution in [0, 0.1) is 0 Å². The number of carbonyl (C=O) groups excluding carboxylic acids is 1. The van der Waals surface area contributed by atoms with Gasteiger partial charge in [0.15, 0.2) is 11.5 Å². The third-order valence-electron chi connectivity index (χ3n) is 3.56. The molecule has 23 heavy (non-hydrogen) atoms. The lowest BCUT2D eigenvalue weighted by molar-refractivity contribution is -0.142. The molecule has 0 radical (unpaired) electrons. The predicted molar refractivity (Wildman–Crippen MR) is 81.0 cm³/mol. The van der Waals surface area contributed by atoms with Gasteiger partial charge in [0.25, 0.3) is 5.91 Å². The summed E-state index contributed by atoms with van der Waals surface area (Å²) in [5, 5.41) is 15.8. The van der Waals surface area contributed by atoms with E-state index in [2.05, 4.69) is 10.5 Å². The number of amides is 1. The van der Waals surface area contributed by atoms with Crippen molar-refractivity contribution in [1.82, 2.24) is 10.5 Å². The van der Waals surface area contributed by atoms with Crippen LogP contribution in [-0.2, 0) is 21.6 Å². The van der Waals surface area contributed by atoms with Crippen molar-refractivity contribution in [2.75, 3.05) is 13.7 Å². The number of ether oxygens (including phenoxy) is 1. The second kappa shape index (κ2) is 7.06. The van der Waals surface area contributed by atoms with Crippen LogP contribution in [0.5, 0.6) is 0 Å². The van der Waals surface area contributed by atoms with Gasteiger partial charge in [-0.25, -0.2) is 0 Å². The van der Waals surface area contributed by atoms with Gasteiger partial charge in [-0.1, -0.05) is 35.5 Å². The fraction of sp³-hybridized carbons (Fsp3) is 0.312. The molecule has 0 aliphatic rings. The van der Waals surface area contributed by atoms with Gasteiger partial charge >= 0.3 is 5.97 Å². The smallest absolute Gasteiger partial charge is 0.315 e. The monoisotopic (exact) mass is 318 g/mol. The maximum atomic E-state index is 12.1. The summed E-state index contributed by atoms with van der Waals surface area (Å²) >= 11 is 0. The van der Waals surface area contributed by atoms with Crippen LogP contribution >= 0.6 is 0 Å². The molecular formula is C16H18N2O5. The third kappa shape index (κ3) is 3.75. The second-order valence-corrected chi connectivity index (χ2v) is 5.30. The fourth-order valence-electron chi connectivity index (χ4n) is 2.09. The molecule has 0 fully saturated rings. The summed E-state index contributed by atoms with van der Waals surface area (Å²) in [4.78, 5) is 23.8. The Hall–Kier alpha value is -2.67. The van der Waals surface area contributed by atoms with Gasteiger partial charge in [0.05, 0.1) is 0 Å². The van der Waals surface area contributed by atoms with E-state index in [4.69, 9.17) is 9.26 Å². The van der Waals surface area contributed by atoms with Crippen LogP contribution in [0.4, 0.5) is 0 Å². The predicted octanol–water partition coefficient (Wildman–Crippen LogP) is 1.59. The van der Waals surface area contributed by atoms with Crippen molar-refractivity contribution < 1.29 is 24.0 Å². The standard InChI is InChI=1S/C16H18N2O5/c1-16(15(20)21,11-6-4-3-5-7-11)10-17-14(19)13-8-12(9-22-2)23-18-13/h3-8H,9-10H2,1-2H3,(H,17,19)(H,20,21). The molecule has 1 unspecified atom stereocenters. The summed E-state index contributed by atoms with van der Waals surface area (Å²) in [5.74, 6) is -1.11. The molecule has 0 spiro atoms. The number of benzene rings is 1. The molecule has 0 saturated carbocycles. The highest BCUT2D eigenvalue weighted by molar-refractivity contribution is 5.93. The van der Waals surface area contributed by atoms with E-state index in [1.807, 2.05) is 0 Å². The Labute approximate surface area is 133 Å². The molecular weight excluding hydrogens is 300 g/mol. The highest BCUT2D eigenvalue weighted by Gasteiger charge is 2.35. The van der Waals surface area contributed by atoms with Crippen LogP contribution < -0.4 is 5.32 Å². The van der Waals surface area contributed by atoms with Gasteiger partial charge in [0.2, 0.25) is 0 Å². The summed E-state index contributed by atoms with van der Waals surface area (Å²) in [6, 6.07) is 10.2. The zero-order valence-corrected chi connectivity index (χ0v) is 12.9. The lowest BCUT2D eigenvalue weighted by atomic mass is 9.82. The molecule has 1 heterocycles. The first kappa shape index (κ1) is 16.7. The molecule has 1 amide bonds. The summed E-state index contributed by atoms with van der Waals surface area (Å²) in [5.41, 5.74) is -0.554. The number of carbonyl (C=O) groups is 2. The largest absolute Gasteiger partial charge is 0.481 e. The quantitative estimate of drug-likeness (QED) is 0.804. The highest BCUT2D eigenvalue weighted by Crippen LogP contribution is 2.23. The number of nitrogens with one attached hydrogen (secondary N) is 1. The number of hydrogen-bond acceptors (Lipinski definition) is 5. The molecule has 122 valence electrons. The molecule has 1 atom stereocenters. The van der Waals surface area contributed by atoms with Crippen molar-refractivity contribution in [2.45, 2.75) is 18.9 Å². The van der Waals surface area contributed by atoms with Crippen molar-refractivity contribution in [1.29, 1.82) is 0 Å². The Balaban J connectivity index is 2.09. The van der Waals surface area contributed by atoms with Crippen molar-refractivity contribution in [2.24, 2.45) is 0 Å². The molecule has 7 nitrogen and oxygen atoms in total. The number of hydrogen-bond donors (Lipinski definition) is 2. The number of aliphatic carboxylic acids is 1. The number of carboxylic acids is 1. The number of carboxylic acid groups (broad SMARTS) is 1. The van der Waals surface area contributed by atoms with E-state index in [0.29, 0.717) is 11.3 Å². The Morgan fingerprint density at radius 3 is 2.65 bits per heavy atom. The van der Waals surface area contributed by atoms with Crippen molar-refractivity contribution in [3.8, 4) is 0 Å². The minimum absolute atomic E-state index is 0.0718. The van der Waals surface area contributed by atoms with Crippen LogP contribution in [0.3, 0.4) is 0 Å². The van der Waals surface area contributed by atoms with E-state index in [9.17, 15) is 14.7 Å². The van der Waals surface area contributed by atoms with Crippen molar-refractivity contribution in [3.63, 3.8) is 0 Å². The minimum atomic E-state index is -1.24. The van der Waals surface area contributed by atoms with Gasteiger partial charge in [0.1, 0.15) is 12.0 Å². The summed E-state index contributed by atoms with van der Waals surface area (Å²) in [7, 11) is 1.50. The number of nitrogens with zero attached hydrogens (tertiary/aromatic N) is 1. The van der Waals surface area contributed by atoms with Gasteiger partial charge < -0.3 is 19.7 Å². The second-order valence-electron chi connectivity index (χ2n) is 5.30. The van der Waals surface area contributed by atoms with E-state index in [1.165, 1.54) is 13.2 Å². The van der Waals surface area contributed by atoms with Gasteiger partial charge in [-0.3, -0.25) is 9.59 Å². The van der Waals surface area contributed by atoms with Gasteiger partial charge in [0, 0.05) is 19.7 Å². The Morgan fingerprint density at radius 1 is 1.35 bits per heavy atom. The molecule has 0 aliphatic heterocycles. The van der Waals surface area contributed by atoms with Crippen molar-refractivity contribution >= 4 is 11.9 Å². The van der Waals surface area contributed by atoms with Gasteiger partial charge in [-0.15, -0.1) is 0 Å². The lowest BCUT2D eigenvalue weighted by Crippen LogP contribution is -2.44. The number of rotatable bonds is 7. The lowest BCUT2D eigenvalue weighted by Gasteiger charge is -2.25. The average molecular weight is 318 g/mol. The summed E-state index contributed by atoms with van der Waals surface area (Å²) in [6.45, 7) is 1.69. The maximum absolute atomic E-state index is 12.1. The van der Waals surface area contributed by atoms with Crippen LogP contribution in [0.1, 0.15) is 28.7 Å². The minimum Gasteiger partial charge on any atom is -0.481 e. The molecule has 7 heteroatoms. The zero-order chi connectivity index (χ0) is 16.9. The molecule has 1 aromatic heterocycles. The zero-order valence-electron chi connectivity index (χ0n) is 12.9. The van der Waals surface area contributed by atoms with Crippen LogP contribution in [0.2, 0.25) is 0 Å². The van der Waals surface area contributed by atoms with E-state index in [-0.39, 0.29) is 18.8 Å². The van der Waals surface area contributed by atoms with Gasteiger partial charge in [-0.05, 0) is 12.5 Å². The molecule has 0 aliphatic carbocycles. The van der Waals surface area contributed by atoms with Crippen LogP contribution in [-0.4, -0.2) is 35.8 Å². The average Bonchev–Trinajstić information content (AvgIpc) is 3.02. The van der Waals surface area contributed by atoms with E-state index >= 15 is 0 Å². The third-order valence-corrected chi connectivity index (χ3v) is 3.56. The fourth-order valence-corrected chi connectivity index (χ4v) is 2.09. The van der Waals surface area contributed by atoms with Crippen LogP contribution in [0.15, 0.2) is 40.9 Å². The number of methoxy groups -OCH3 is 1. The maximum Gasteiger partial charge on any atom is 0.315 e. The molecule has 2 rings (SSSR count).